The Hall–Kier alpha value is -3.33. The predicted octanol–water partition coefficient (Wildman–Crippen LogP) is 3.25. The van der Waals surface area contributed by atoms with Gasteiger partial charge < -0.3 is 24.3 Å². The van der Waals surface area contributed by atoms with E-state index >= 15 is 0 Å². The van der Waals surface area contributed by atoms with E-state index in [0.29, 0.717) is 19.0 Å². The minimum Gasteiger partial charge on any atom is -0.458 e. The second-order valence-corrected chi connectivity index (χ2v) is 6.17. The van der Waals surface area contributed by atoms with Crippen molar-refractivity contribution in [3.05, 3.63) is 49.1 Å². The number of carbonyl (C=O) groups excluding carboxylic acids is 3. The number of rotatable bonds is 13. The van der Waals surface area contributed by atoms with Gasteiger partial charge in [-0.1, -0.05) is 20.1 Å². The van der Waals surface area contributed by atoms with Crippen molar-refractivity contribution in [2.45, 2.75) is 26.4 Å². The van der Waals surface area contributed by atoms with Crippen LogP contribution in [0.15, 0.2) is 49.1 Å². The Kier molecular flexibility index (Phi) is 11.3. The van der Waals surface area contributed by atoms with Gasteiger partial charge in [0.05, 0.1) is 0 Å². The van der Waals surface area contributed by atoms with E-state index in [1.165, 1.54) is 6.92 Å². The molecule has 0 saturated heterocycles. The Labute approximate surface area is 176 Å². The van der Waals surface area contributed by atoms with Crippen LogP contribution in [0, 0.1) is 0 Å². The summed E-state index contributed by atoms with van der Waals surface area (Å²) in [6, 6.07) is 6.89. The molecule has 0 aliphatic carbocycles. The second kappa shape index (κ2) is 13.8. The molecule has 164 valence electrons. The number of carbonyl (C=O) groups is 3. The molecule has 0 radical (unpaired) electrons. The zero-order valence-corrected chi connectivity index (χ0v) is 17.3. The minimum atomic E-state index is -1.01. The van der Waals surface area contributed by atoms with Crippen molar-refractivity contribution in [2.75, 3.05) is 37.2 Å². The molecule has 0 aliphatic rings. The van der Waals surface area contributed by atoms with Gasteiger partial charge in [-0.2, -0.15) is 0 Å². The molecular weight excluding hydrogens is 392 g/mol. The van der Waals surface area contributed by atoms with E-state index < -0.39 is 24.1 Å². The van der Waals surface area contributed by atoms with Crippen LogP contribution in [0.2, 0.25) is 0 Å². The Balaban J connectivity index is 2.57. The van der Waals surface area contributed by atoms with Crippen LogP contribution in [0.5, 0.6) is 0 Å². The summed E-state index contributed by atoms with van der Waals surface area (Å²) in [7, 11) is 0. The van der Waals surface area contributed by atoms with Gasteiger partial charge in [-0.25, -0.2) is 14.4 Å². The predicted molar refractivity (Wildman–Crippen MR) is 112 cm³/mol. The second-order valence-electron chi connectivity index (χ2n) is 6.17. The Bertz CT molecular complexity index is 731. The number of esters is 2. The molecule has 0 heterocycles. The lowest BCUT2D eigenvalue weighted by atomic mass is 10.3. The maximum absolute atomic E-state index is 12.2. The lowest BCUT2D eigenvalue weighted by Gasteiger charge is -2.18. The first kappa shape index (κ1) is 24.7. The molecule has 0 saturated carbocycles. The molecule has 0 bridgehead atoms. The number of nitrogens with one attached hydrogen (secondary N) is 2. The van der Waals surface area contributed by atoms with Gasteiger partial charge in [-0.05, 0) is 37.6 Å². The minimum absolute atomic E-state index is 0.190. The number of anilines is 2. The molecule has 9 heteroatoms. The number of amides is 1. The molecular formula is C21H28N2O7. The van der Waals surface area contributed by atoms with Crippen LogP contribution in [0.3, 0.4) is 0 Å². The summed E-state index contributed by atoms with van der Waals surface area (Å²) in [6.45, 7) is 10.7. The highest BCUT2D eigenvalue weighted by atomic mass is 16.6. The van der Waals surface area contributed by atoms with Gasteiger partial charge >= 0.3 is 18.0 Å². The van der Waals surface area contributed by atoms with Crippen molar-refractivity contribution in [3.8, 4) is 0 Å². The van der Waals surface area contributed by atoms with Crippen LogP contribution >= 0.6 is 0 Å². The summed E-state index contributed by atoms with van der Waals surface area (Å²) < 4.78 is 20.4. The highest BCUT2D eigenvalue weighted by Crippen LogP contribution is 2.14. The van der Waals surface area contributed by atoms with Crippen LogP contribution < -0.4 is 10.6 Å². The van der Waals surface area contributed by atoms with Crippen LogP contribution in [0.4, 0.5) is 16.2 Å². The molecule has 0 aromatic heterocycles. The molecule has 1 amide bonds. The third kappa shape index (κ3) is 10.3. The highest BCUT2D eigenvalue weighted by Gasteiger charge is 2.19. The molecule has 1 aromatic rings. The molecule has 9 nitrogen and oxygen atoms in total. The van der Waals surface area contributed by atoms with Crippen molar-refractivity contribution in [2.24, 2.45) is 0 Å². The third-order valence-electron chi connectivity index (χ3n) is 3.46. The molecule has 1 unspecified atom stereocenters. The first-order chi connectivity index (χ1) is 14.3. The van der Waals surface area contributed by atoms with Crippen LogP contribution in [0.1, 0.15) is 20.3 Å². The van der Waals surface area contributed by atoms with Gasteiger partial charge in [-0.3, -0.25) is 5.32 Å². The maximum Gasteiger partial charge on any atom is 0.412 e. The van der Waals surface area contributed by atoms with Gasteiger partial charge in [0.1, 0.15) is 19.9 Å². The molecule has 1 atom stereocenters. The summed E-state index contributed by atoms with van der Waals surface area (Å²) in [5, 5.41) is 5.63. The van der Waals surface area contributed by atoms with E-state index in [9.17, 15) is 14.4 Å². The van der Waals surface area contributed by atoms with Crippen molar-refractivity contribution in [1.29, 1.82) is 0 Å². The lowest BCUT2D eigenvalue weighted by Crippen LogP contribution is -2.32. The van der Waals surface area contributed by atoms with Gasteiger partial charge in [0.25, 0.3) is 0 Å². The zero-order chi connectivity index (χ0) is 22.4. The van der Waals surface area contributed by atoms with E-state index in [-0.39, 0.29) is 18.8 Å². The summed E-state index contributed by atoms with van der Waals surface area (Å²) in [5.41, 5.74) is 1.50. The Morgan fingerprint density at radius 1 is 1.10 bits per heavy atom. The smallest absolute Gasteiger partial charge is 0.412 e. The summed E-state index contributed by atoms with van der Waals surface area (Å²) in [5.74, 6) is -1.34. The summed E-state index contributed by atoms with van der Waals surface area (Å²) in [4.78, 5) is 35.0. The fourth-order valence-electron chi connectivity index (χ4n) is 1.96. The number of benzene rings is 1. The Morgan fingerprint density at radius 3 is 2.33 bits per heavy atom. The van der Waals surface area contributed by atoms with Crippen molar-refractivity contribution in [1.82, 2.24) is 0 Å². The SMILES string of the molecule is C=CC(=O)OCC(COC(=O)C(=C)C)OC(=O)Nc1ccc(NCOCCC)cc1. The van der Waals surface area contributed by atoms with Crippen LogP contribution in [0.25, 0.3) is 0 Å². The normalized spacial score (nSPS) is 11.0. The van der Waals surface area contributed by atoms with Crippen molar-refractivity contribution in [3.63, 3.8) is 0 Å². The monoisotopic (exact) mass is 420 g/mol. The number of hydrogen-bond donors (Lipinski definition) is 2. The summed E-state index contributed by atoms with van der Waals surface area (Å²) >= 11 is 0. The first-order valence-electron chi connectivity index (χ1n) is 9.36. The molecule has 30 heavy (non-hydrogen) atoms. The molecule has 1 aromatic carbocycles. The van der Waals surface area contributed by atoms with Gasteiger partial charge in [0, 0.05) is 29.6 Å². The fourth-order valence-corrected chi connectivity index (χ4v) is 1.96. The zero-order valence-electron chi connectivity index (χ0n) is 17.3. The number of ether oxygens (including phenoxy) is 4. The van der Waals surface area contributed by atoms with E-state index in [1.807, 2.05) is 6.92 Å². The van der Waals surface area contributed by atoms with E-state index in [4.69, 9.17) is 18.9 Å². The molecule has 2 N–H and O–H groups in total. The third-order valence-corrected chi connectivity index (χ3v) is 3.46. The largest absolute Gasteiger partial charge is 0.458 e. The lowest BCUT2D eigenvalue weighted by molar-refractivity contribution is -0.146. The van der Waals surface area contributed by atoms with E-state index in [1.54, 1.807) is 24.3 Å². The van der Waals surface area contributed by atoms with Gasteiger partial charge in [0.15, 0.2) is 6.10 Å². The quantitative estimate of drug-likeness (QED) is 0.164. The van der Waals surface area contributed by atoms with Crippen molar-refractivity contribution >= 4 is 29.4 Å². The van der Waals surface area contributed by atoms with Gasteiger partial charge in [-0.15, -0.1) is 0 Å². The van der Waals surface area contributed by atoms with Crippen LogP contribution in [-0.2, 0) is 28.5 Å². The van der Waals surface area contributed by atoms with Gasteiger partial charge in [0.2, 0.25) is 0 Å². The standard InChI is InChI=1S/C21H28N2O7/c1-5-11-27-14-22-16-7-9-17(10-8-16)23-21(26)30-18(12-28-19(24)6-2)13-29-20(25)15(3)4/h6-10,18,22H,2-3,5,11-14H2,1,4H3,(H,23,26). The Morgan fingerprint density at radius 2 is 1.73 bits per heavy atom. The fraction of sp³-hybridized carbons (Fsp3) is 0.381. The molecule has 0 fully saturated rings. The molecule has 0 spiro atoms. The number of hydrogen-bond acceptors (Lipinski definition) is 8. The molecule has 0 aliphatic heterocycles. The van der Waals surface area contributed by atoms with E-state index in [0.717, 1.165) is 18.2 Å². The van der Waals surface area contributed by atoms with Crippen molar-refractivity contribution < 1.29 is 33.3 Å². The summed E-state index contributed by atoms with van der Waals surface area (Å²) in [6.07, 6.45) is 0.106. The maximum atomic E-state index is 12.2. The first-order valence-corrected chi connectivity index (χ1v) is 9.36. The average Bonchev–Trinajstić information content (AvgIpc) is 2.73. The van der Waals surface area contributed by atoms with Crippen LogP contribution in [-0.4, -0.2) is 50.7 Å². The highest BCUT2D eigenvalue weighted by molar-refractivity contribution is 5.87. The molecule has 1 rings (SSSR count). The van der Waals surface area contributed by atoms with E-state index in [2.05, 4.69) is 23.8 Å². The average molecular weight is 420 g/mol. The topological polar surface area (TPSA) is 112 Å².